The molecule has 1 fully saturated rings. The smallest absolute Gasteiger partial charge is 0.185 e. The number of hydrogen-bond donors (Lipinski definition) is 1. The monoisotopic (exact) mass is 132 g/mol. The molecule has 0 saturated carbocycles. The Kier molecular flexibility index (Phi) is 2.52. The predicted molar refractivity (Wildman–Crippen MR) is 34.4 cm³/mol. The highest BCUT2D eigenvalue weighted by Crippen LogP contribution is 2.10. The van der Waals surface area contributed by atoms with Crippen LogP contribution < -0.4 is 0 Å². The van der Waals surface area contributed by atoms with Gasteiger partial charge in [-0.25, -0.2) is 0 Å². The van der Waals surface area contributed by atoms with Gasteiger partial charge in [0.1, 0.15) is 0 Å². The number of ether oxygens (including phenoxy) is 1. The van der Waals surface area contributed by atoms with Crippen LogP contribution in [0.3, 0.4) is 0 Å². The van der Waals surface area contributed by atoms with Crippen LogP contribution in [0.25, 0.3) is 0 Å². The first-order valence-corrected chi connectivity index (χ1v) is 4.61. The molecule has 1 aliphatic heterocycles. The SMILES string of the molecule is O[SiH2][C@@H]1CCCCO1. The number of rotatable bonds is 1. The molecule has 1 N–H and O–H groups in total. The molecule has 1 atom stereocenters. The molecular formula is C5H12O2Si. The fourth-order valence-electron chi connectivity index (χ4n) is 0.951. The van der Waals surface area contributed by atoms with E-state index < -0.39 is 9.76 Å². The Morgan fingerprint density at radius 2 is 2.38 bits per heavy atom. The van der Waals surface area contributed by atoms with Gasteiger partial charge in [-0.3, -0.25) is 0 Å². The van der Waals surface area contributed by atoms with E-state index >= 15 is 0 Å². The Balaban J connectivity index is 2.13. The molecule has 0 aromatic heterocycles. The molecule has 0 spiro atoms. The van der Waals surface area contributed by atoms with Crippen molar-refractivity contribution >= 4 is 9.76 Å². The maximum Gasteiger partial charge on any atom is 0.185 e. The van der Waals surface area contributed by atoms with Crippen molar-refractivity contribution in [3.8, 4) is 0 Å². The van der Waals surface area contributed by atoms with Gasteiger partial charge in [0.05, 0.1) is 5.73 Å². The molecule has 0 aromatic rings. The number of hydrogen-bond acceptors (Lipinski definition) is 2. The van der Waals surface area contributed by atoms with Crippen LogP contribution in [0.15, 0.2) is 0 Å². The van der Waals surface area contributed by atoms with Gasteiger partial charge in [-0.1, -0.05) is 0 Å². The lowest BCUT2D eigenvalue weighted by molar-refractivity contribution is 0.0590. The van der Waals surface area contributed by atoms with Crippen molar-refractivity contribution < 1.29 is 9.53 Å². The molecule has 3 heteroatoms. The summed E-state index contributed by atoms with van der Waals surface area (Å²) >= 11 is 0. The minimum Gasteiger partial charge on any atom is -0.436 e. The molecule has 0 aliphatic carbocycles. The van der Waals surface area contributed by atoms with E-state index in [1.807, 2.05) is 0 Å². The van der Waals surface area contributed by atoms with Gasteiger partial charge in [-0.15, -0.1) is 0 Å². The minimum atomic E-state index is -0.854. The highest BCUT2D eigenvalue weighted by atomic mass is 28.2. The van der Waals surface area contributed by atoms with Gasteiger partial charge in [0.2, 0.25) is 0 Å². The molecule has 0 unspecified atom stereocenters. The topological polar surface area (TPSA) is 29.5 Å². The minimum absolute atomic E-state index is 0.281. The zero-order chi connectivity index (χ0) is 5.82. The van der Waals surface area contributed by atoms with E-state index in [9.17, 15) is 0 Å². The Morgan fingerprint density at radius 1 is 1.50 bits per heavy atom. The van der Waals surface area contributed by atoms with Crippen LogP contribution in [0.4, 0.5) is 0 Å². The predicted octanol–water partition coefficient (Wildman–Crippen LogP) is -0.411. The van der Waals surface area contributed by atoms with Crippen molar-refractivity contribution in [3.63, 3.8) is 0 Å². The van der Waals surface area contributed by atoms with Crippen molar-refractivity contribution in [2.75, 3.05) is 6.61 Å². The lowest BCUT2D eigenvalue weighted by Crippen LogP contribution is -2.24. The summed E-state index contributed by atoms with van der Waals surface area (Å²) in [5.74, 6) is 0. The Bertz CT molecular complexity index is 61.4. The van der Waals surface area contributed by atoms with Gasteiger partial charge in [-0.05, 0) is 19.3 Å². The Labute approximate surface area is 51.8 Å². The van der Waals surface area contributed by atoms with E-state index in [0.717, 1.165) is 13.0 Å². The van der Waals surface area contributed by atoms with Crippen LogP contribution in [0.2, 0.25) is 0 Å². The summed E-state index contributed by atoms with van der Waals surface area (Å²) in [5.41, 5.74) is 0.281. The molecule has 1 heterocycles. The van der Waals surface area contributed by atoms with E-state index in [-0.39, 0.29) is 5.73 Å². The molecule has 48 valence electrons. The molecule has 1 aliphatic rings. The second-order valence-electron chi connectivity index (χ2n) is 2.17. The molecule has 1 rings (SSSR count). The van der Waals surface area contributed by atoms with Crippen LogP contribution in [0.1, 0.15) is 19.3 Å². The average Bonchev–Trinajstić information content (AvgIpc) is 1.90. The summed E-state index contributed by atoms with van der Waals surface area (Å²) in [6, 6.07) is 0. The summed E-state index contributed by atoms with van der Waals surface area (Å²) in [5, 5.41) is 0. The summed E-state index contributed by atoms with van der Waals surface area (Å²) in [7, 11) is -0.854. The largest absolute Gasteiger partial charge is 0.436 e. The van der Waals surface area contributed by atoms with Gasteiger partial charge >= 0.3 is 0 Å². The third kappa shape index (κ3) is 1.58. The summed E-state index contributed by atoms with van der Waals surface area (Å²) in [6.07, 6.45) is 3.53. The first kappa shape index (κ1) is 6.26. The Morgan fingerprint density at radius 3 is 2.75 bits per heavy atom. The van der Waals surface area contributed by atoms with E-state index in [4.69, 9.17) is 9.53 Å². The first-order valence-electron chi connectivity index (χ1n) is 3.16. The molecule has 1 saturated heterocycles. The third-order valence-electron chi connectivity index (χ3n) is 1.48. The van der Waals surface area contributed by atoms with Crippen LogP contribution in [0.5, 0.6) is 0 Å². The van der Waals surface area contributed by atoms with E-state index in [1.54, 1.807) is 0 Å². The van der Waals surface area contributed by atoms with Crippen molar-refractivity contribution in [1.82, 2.24) is 0 Å². The van der Waals surface area contributed by atoms with Gasteiger partial charge in [0.25, 0.3) is 0 Å². The molecule has 8 heavy (non-hydrogen) atoms. The molecule has 2 nitrogen and oxygen atoms in total. The first-order chi connectivity index (χ1) is 3.93. The van der Waals surface area contributed by atoms with Crippen LogP contribution in [-0.2, 0) is 4.74 Å². The molecule has 0 aromatic carbocycles. The van der Waals surface area contributed by atoms with E-state index in [0.29, 0.717) is 0 Å². The summed E-state index contributed by atoms with van der Waals surface area (Å²) < 4.78 is 5.24. The van der Waals surface area contributed by atoms with Crippen molar-refractivity contribution in [2.45, 2.75) is 25.0 Å². The van der Waals surface area contributed by atoms with Crippen LogP contribution in [-0.4, -0.2) is 26.9 Å². The van der Waals surface area contributed by atoms with Crippen LogP contribution >= 0.6 is 0 Å². The maximum absolute atomic E-state index is 8.70. The molecule has 0 bridgehead atoms. The van der Waals surface area contributed by atoms with Crippen LogP contribution in [0, 0.1) is 0 Å². The molecule has 0 radical (unpaired) electrons. The standard InChI is InChI=1S/C5H12O2Si/c6-8-5-3-1-2-4-7-5/h5-6H,1-4,8H2/t5-/m1/s1. The van der Waals surface area contributed by atoms with E-state index in [2.05, 4.69) is 0 Å². The van der Waals surface area contributed by atoms with E-state index in [1.165, 1.54) is 12.8 Å². The molecule has 0 amide bonds. The van der Waals surface area contributed by atoms with Gasteiger partial charge in [0.15, 0.2) is 9.76 Å². The van der Waals surface area contributed by atoms with Gasteiger partial charge in [-0.2, -0.15) is 0 Å². The highest BCUT2D eigenvalue weighted by Gasteiger charge is 2.11. The van der Waals surface area contributed by atoms with Gasteiger partial charge in [0, 0.05) is 6.61 Å². The fraction of sp³-hybridized carbons (Fsp3) is 1.00. The lowest BCUT2D eigenvalue weighted by atomic mass is 10.2. The van der Waals surface area contributed by atoms with Crippen molar-refractivity contribution in [3.05, 3.63) is 0 Å². The quantitative estimate of drug-likeness (QED) is 0.491. The molecular weight excluding hydrogens is 120 g/mol. The third-order valence-corrected chi connectivity index (χ3v) is 2.53. The highest BCUT2D eigenvalue weighted by molar-refractivity contribution is 6.27. The second-order valence-corrected chi connectivity index (χ2v) is 3.45. The summed E-state index contributed by atoms with van der Waals surface area (Å²) in [6.45, 7) is 0.873. The second kappa shape index (κ2) is 3.22. The van der Waals surface area contributed by atoms with Gasteiger partial charge < -0.3 is 9.53 Å². The zero-order valence-corrected chi connectivity index (χ0v) is 6.38. The maximum atomic E-state index is 8.70. The van der Waals surface area contributed by atoms with Crippen molar-refractivity contribution in [2.24, 2.45) is 0 Å². The Hall–Kier alpha value is 0.137. The lowest BCUT2D eigenvalue weighted by Gasteiger charge is -2.19. The van der Waals surface area contributed by atoms with Crippen molar-refractivity contribution in [1.29, 1.82) is 0 Å². The fourth-order valence-corrected chi connectivity index (χ4v) is 1.69. The zero-order valence-electron chi connectivity index (χ0n) is 4.97. The normalized spacial score (nSPS) is 31.9. The average molecular weight is 132 g/mol. The summed E-state index contributed by atoms with van der Waals surface area (Å²) in [4.78, 5) is 8.70.